The molecule has 1 rings (SSSR count). The monoisotopic (exact) mass is 309 g/mol. The molecule has 0 radical (unpaired) electrons. The first-order valence-electron chi connectivity index (χ1n) is 7.04. The van der Waals surface area contributed by atoms with E-state index in [1.54, 1.807) is 14.0 Å². The number of nitrogens with one attached hydrogen (secondary N) is 2. The Hall–Kier alpha value is -1.31. The van der Waals surface area contributed by atoms with Crippen LogP contribution in [0.4, 0.5) is 13.2 Å². The quantitative estimate of drug-likeness (QED) is 0.788. The van der Waals surface area contributed by atoms with Gasteiger partial charge >= 0.3 is 12.1 Å². The molecule has 0 bridgehead atoms. The van der Waals surface area contributed by atoms with E-state index in [2.05, 4.69) is 10.6 Å². The Morgan fingerprint density at radius 3 is 2.33 bits per heavy atom. The Kier molecular flexibility index (Phi) is 6.44. The average molecular weight is 309 g/mol. The molecule has 1 aliphatic rings. The standard InChI is InChI=1S/C13H22F3N3O2/c1-9(7-17-2)11(20)18-8-10-3-5-19(6-4-10)12(21)13(14,15)16/h9-10,17H,3-8H2,1-2H3,(H,18,20). The largest absolute Gasteiger partial charge is 0.471 e. The highest BCUT2D eigenvalue weighted by molar-refractivity contribution is 5.82. The molecule has 0 aromatic rings. The molecule has 1 aliphatic heterocycles. The summed E-state index contributed by atoms with van der Waals surface area (Å²) in [5.41, 5.74) is 0. The van der Waals surface area contributed by atoms with E-state index < -0.39 is 12.1 Å². The number of halogens is 3. The van der Waals surface area contributed by atoms with Crippen LogP contribution >= 0.6 is 0 Å². The van der Waals surface area contributed by atoms with Gasteiger partial charge in [-0.05, 0) is 25.8 Å². The van der Waals surface area contributed by atoms with Gasteiger partial charge in [-0.2, -0.15) is 13.2 Å². The highest BCUT2D eigenvalue weighted by Gasteiger charge is 2.43. The molecule has 1 heterocycles. The Balaban J connectivity index is 2.31. The second kappa shape index (κ2) is 7.63. The third-order valence-electron chi connectivity index (χ3n) is 3.67. The highest BCUT2D eigenvalue weighted by Crippen LogP contribution is 2.23. The summed E-state index contributed by atoms with van der Waals surface area (Å²) in [6.07, 6.45) is -3.85. The average Bonchev–Trinajstić information content (AvgIpc) is 2.43. The summed E-state index contributed by atoms with van der Waals surface area (Å²) in [6.45, 7) is 3.00. The summed E-state index contributed by atoms with van der Waals surface area (Å²) in [6, 6.07) is 0. The number of alkyl halides is 3. The molecule has 0 saturated carbocycles. The van der Waals surface area contributed by atoms with Gasteiger partial charge < -0.3 is 15.5 Å². The second-order valence-electron chi connectivity index (χ2n) is 5.44. The molecule has 1 saturated heterocycles. The van der Waals surface area contributed by atoms with Gasteiger partial charge in [0.05, 0.1) is 0 Å². The molecule has 2 N–H and O–H groups in total. The van der Waals surface area contributed by atoms with Crippen LogP contribution in [-0.2, 0) is 9.59 Å². The van der Waals surface area contributed by atoms with E-state index in [1.165, 1.54) is 0 Å². The lowest BCUT2D eigenvalue weighted by atomic mass is 9.96. The number of carbonyl (C=O) groups excluding carboxylic acids is 2. The van der Waals surface area contributed by atoms with Crippen molar-refractivity contribution in [2.45, 2.75) is 25.9 Å². The van der Waals surface area contributed by atoms with E-state index in [0.717, 1.165) is 4.90 Å². The number of hydrogen-bond acceptors (Lipinski definition) is 3. The van der Waals surface area contributed by atoms with Crippen LogP contribution in [0.1, 0.15) is 19.8 Å². The highest BCUT2D eigenvalue weighted by atomic mass is 19.4. The Morgan fingerprint density at radius 2 is 1.86 bits per heavy atom. The molecule has 122 valence electrons. The Bertz CT molecular complexity index is 366. The van der Waals surface area contributed by atoms with Crippen LogP contribution in [0.15, 0.2) is 0 Å². The van der Waals surface area contributed by atoms with Crippen molar-refractivity contribution < 1.29 is 22.8 Å². The minimum Gasteiger partial charge on any atom is -0.356 e. The van der Waals surface area contributed by atoms with E-state index in [0.29, 0.717) is 25.9 Å². The number of rotatable bonds is 5. The smallest absolute Gasteiger partial charge is 0.356 e. The van der Waals surface area contributed by atoms with Crippen LogP contribution in [0.3, 0.4) is 0 Å². The van der Waals surface area contributed by atoms with Gasteiger partial charge in [-0.25, -0.2) is 0 Å². The molecule has 2 amide bonds. The summed E-state index contributed by atoms with van der Waals surface area (Å²) in [4.78, 5) is 23.6. The van der Waals surface area contributed by atoms with Gasteiger partial charge in [0.1, 0.15) is 0 Å². The maximum absolute atomic E-state index is 12.3. The molecule has 1 unspecified atom stereocenters. The van der Waals surface area contributed by atoms with Gasteiger partial charge in [0.15, 0.2) is 0 Å². The van der Waals surface area contributed by atoms with E-state index in [9.17, 15) is 22.8 Å². The van der Waals surface area contributed by atoms with Gasteiger partial charge in [0.2, 0.25) is 5.91 Å². The van der Waals surface area contributed by atoms with Gasteiger partial charge in [0, 0.05) is 32.1 Å². The summed E-state index contributed by atoms with van der Waals surface area (Å²) < 4.78 is 36.9. The molecule has 0 spiro atoms. The first kappa shape index (κ1) is 17.7. The van der Waals surface area contributed by atoms with Crippen molar-refractivity contribution in [2.75, 3.05) is 33.2 Å². The van der Waals surface area contributed by atoms with Crippen LogP contribution in [0.2, 0.25) is 0 Å². The SMILES string of the molecule is CNCC(C)C(=O)NCC1CCN(C(=O)C(F)(F)F)CC1. The lowest BCUT2D eigenvalue weighted by molar-refractivity contribution is -0.186. The molecule has 1 fully saturated rings. The summed E-state index contributed by atoms with van der Waals surface area (Å²) in [5, 5.41) is 5.71. The maximum Gasteiger partial charge on any atom is 0.471 e. The number of amides is 2. The summed E-state index contributed by atoms with van der Waals surface area (Å²) in [5.74, 6) is -1.87. The van der Waals surface area contributed by atoms with Gasteiger partial charge in [0.25, 0.3) is 0 Å². The van der Waals surface area contributed by atoms with Crippen LogP contribution in [0.5, 0.6) is 0 Å². The van der Waals surface area contributed by atoms with Crippen molar-refractivity contribution in [1.29, 1.82) is 0 Å². The summed E-state index contributed by atoms with van der Waals surface area (Å²) >= 11 is 0. The van der Waals surface area contributed by atoms with Crippen molar-refractivity contribution in [2.24, 2.45) is 11.8 Å². The zero-order valence-corrected chi connectivity index (χ0v) is 12.3. The third kappa shape index (κ3) is 5.53. The third-order valence-corrected chi connectivity index (χ3v) is 3.67. The fraction of sp³-hybridized carbons (Fsp3) is 0.846. The zero-order valence-electron chi connectivity index (χ0n) is 12.3. The van der Waals surface area contributed by atoms with Crippen molar-refractivity contribution >= 4 is 11.8 Å². The molecule has 21 heavy (non-hydrogen) atoms. The second-order valence-corrected chi connectivity index (χ2v) is 5.44. The van der Waals surface area contributed by atoms with Crippen LogP contribution in [0.25, 0.3) is 0 Å². The van der Waals surface area contributed by atoms with E-state index in [4.69, 9.17) is 0 Å². The minimum atomic E-state index is -4.80. The fourth-order valence-corrected chi connectivity index (χ4v) is 2.34. The topological polar surface area (TPSA) is 61.4 Å². The molecular weight excluding hydrogens is 287 g/mol. The zero-order chi connectivity index (χ0) is 16.0. The molecule has 5 nitrogen and oxygen atoms in total. The van der Waals surface area contributed by atoms with E-state index in [-0.39, 0.29) is 30.8 Å². The molecule has 0 aliphatic carbocycles. The predicted molar refractivity (Wildman–Crippen MR) is 71.5 cm³/mol. The predicted octanol–water partition coefficient (Wildman–Crippen LogP) is 0.759. The summed E-state index contributed by atoms with van der Waals surface area (Å²) in [7, 11) is 1.76. The Morgan fingerprint density at radius 1 is 1.29 bits per heavy atom. The number of nitrogens with zero attached hydrogens (tertiary/aromatic N) is 1. The minimum absolute atomic E-state index is 0.0712. The number of carbonyl (C=O) groups is 2. The first-order valence-corrected chi connectivity index (χ1v) is 7.04. The van der Waals surface area contributed by atoms with Crippen LogP contribution in [-0.4, -0.2) is 56.1 Å². The molecule has 0 aromatic carbocycles. The lowest BCUT2D eigenvalue weighted by Crippen LogP contribution is -2.47. The number of likely N-dealkylation sites (tertiary alicyclic amines) is 1. The van der Waals surface area contributed by atoms with Crippen molar-refractivity contribution in [1.82, 2.24) is 15.5 Å². The van der Waals surface area contributed by atoms with Gasteiger partial charge in [-0.3, -0.25) is 9.59 Å². The van der Waals surface area contributed by atoms with Crippen molar-refractivity contribution in [3.8, 4) is 0 Å². The maximum atomic E-state index is 12.3. The van der Waals surface area contributed by atoms with Crippen LogP contribution < -0.4 is 10.6 Å². The fourth-order valence-electron chi connectivity index (χ4n) is 2.34. The van der Waals surface area contributed by atoms with E-state index >= 15 is 0 Å². The number of hydrogen-bond donors (Lipinski definition) is 2. The van der Waals surface area contributed by atoms with Crippen molar-refractivity contribution in [3.05, 3.63) is 0 Å². The van der Waals surface area contributed by atoms with Crippen molar-refractivity contribution in [3.63, 3.8) is 0 Å². The number of piperidine rings is 1. The van der Waals surface area contributed by atoms with E-state index in [1.807, 2.05) is 0 Å². The van der Waals surface area contributed by atoms with Gasteiger partial charge in [-0.1, -0.05) is 6.92 Å². The van der Waals surface area contributed by atoms with Crippen LogP contribution in [0, 0.1) is 11.8 Å². The van der Waals surface area contributed by atoms with Gasteiger partial charge in [-0.15, -0.1) is 0 Å². The molecule has 1 atom stereocenters. The molecule has 0 aromatic heterocycles. The lowest BCUT2D eigenvalue weighted by Gasteiger charge is -2.32. The Labute approximate surface area is 122 Å². The molecule has 8 heteroatoms. The first-order chi connectivity index (χ1) is 9.75. The molecular formula is C13H22F3N3O2. The normalized spacial score (nSPS) is 18.4.